The molecule has 1 aromatic rings. The highest BCUT2D eigenvalue weighted by atomic mass is 32.1. The van der Waals surface area contributed by atoms with Crippen LogP contribution in [0.5, 0.6) is 0 Å². The maximum atomic E-state index is 8.33. The Labute approximate surface area is 89.6 Å². The highest BCUT2D eigenvalue weighted by Crippen LogP contribution is 2.15. The Hall–Kier alpha value is -0.850. The summed E-state index contributed by atoms with van der Waals surface area (Å²) >= 11 is 1.83. The number of hydrogen-bond acceptors (Lipinski definition) is 3. The SMILES string of the molecule is Cc1ccsc1CCNCCCC#N. The summed E-state index contributed by atoms with van der Waals surface area (Å²) in [5, 5.41) is 13.8. The smallest absolute Gasteiger partial charge is 0.0622 e. The molecule has 0 saturated heterocycles. The van der Waals surface area contributed by atoms with Gasteiger partial charge in [-0.3, -0.25) is 0 Å². The zero-order chi connectivity index (χ0) is 10.2. The molecule has 76 valence electrons. The van der Waals surface area contributed by atoms with E-state index in [9.17, 15) is 0 Å². The number of aryl methyl sites for hydroxylation is 1. The van der Waals surface area contributed by atoms with E-state index in [1.165, 1.54) is 10.4 Å². The fourth-order valence-corrected chi connectivity index (χ4v) is 2.19. The summed E-state index contributed by atoms with van der Waals surface area (Å²) in [6.45, 7) is 4.13. The van der Waals surface area contributed by atoms with Crippen LogP contribution in [0, 0.1) is 18.3 Å². The first-order valence-corrected chi connectivity index (χ1v) is 5.83. The van der Waals surface area contributed by atoms with Gasteiger partial charge in [-0.1, -0.05) is 0 Å². The third kappa shape index (κ3) is 3.91. The van der Waals surface area contributed by atoms with E-state index in [1.807, 2.05) is 11.3 Å². The quantitative estimate of drug-likeness (QED) is 0.729. The van der Waals surface area contributed by atoms with Gasteiger partial charge in [0.15, 0.2) is 0 Å². The molecule has 0 aliphatic heterocycles. The second-order valence-electron chi connectivity index (χ2n) is 3.29. The minimum absolute atomic E-state index is 0.658. The van der Waals surface area contributed by atoms with E-state index in [0.29, 0.717) is 6.42 Å². The van der Waals surface area contributed by atoms with Crippen molar-refractivity contribution in [3.63, 3.8) is 0 Å². The van der Waals surface area contributed by atoms with E-state index in [4.69, 9.17) is 5.26 Å². The summed E-state index contributed by atoms with van der Waals surface area (Å²) in [6, 6.07) is 4.31. The monoisotopic (exact) mass is 208 g/mol. The number of hydrogen-bond donors (Lipinski definition) is 1. The van der Waals surface area contributed by atoms with Gasteiger partial charge in [-0.25, -0.2) is 0 Å². The lowest BCUT2D eigenvalue weighted by molar-refractivity contribution is 0.657. The van der Waals surface area contributed by atoms with Gasteiger partial charge in [0.1, 0.15) is 0 Å². The number of rotatable bonds is 6. The van der Waals surface area contributed by atoms with Crippen LogP contribution in [0.3, 0.4) is 0 Å². The first-order chi connectivity index (χ1) is 6.84. The first kappa shape index (κ1) is 11.2. The second-order valence-corrected chi connectivity index (χ2v) is 4.29. The Bertz CT molecular complexity index is 298. The van der Waals surface area contributed by atoms with Crippen molar-refractivity contribution < 1.29 is 0 Å². The van der Waals surface area contributed by atoms with Crippen LogP contribution < -0.4 is 5.32 Å². The van der Waals surface area contributed by atoms with Crippen molar-refractivity contribution in [1.29, 1.82) is 5.26 Å². The lowest BCUT2D eigenvalue weighted by atomic mass is 10.2. The molecule has 0 atom stereocenters. The van der Waals surface area contributed by atoms with Crippen LogP contribution in [0.15, 0.2) is 11.4 Å². The molecule has 1 N–H and O–H groups in total. The summed E-state index contributed by atoms with van der Waals surface area (Å²) in [4.78, 5) is 1.47. The molecule has 0 radical (unpaired) electrons. The summed E-state index contributed by atoms with van der Waals surface area (Å²) in [7, 11) is 0. The molecule has 0 fully saturated rings. The average Bonchev–Trinajstić information content (AvgIpc) is 2.58. The average molecular weight is 208 g/mol. The Kier molecular flexibility index (Phi) is 5.28. The zero-order valence-electron chi connectivity index (χ0n) is 8.55. The lowest BCUT2D eigenvalue weighted by Gasteiger charge is -2.02. The number of nitriles is 1. The summed E-state index contributed by atoms with van der Waals surface area (Å²) in [5.41, 5.74) is 1.40. The molecular weight excluding hydrogens is 192 g/mol. The molecule has 0 aliphatic carbocycles. The van der Waals surface area contributed by atoms with Gasteiger partial charge in [0.25, 0.3) is 0 Å². The minimum atomic E-state index is 0.658. The van der Waals surface area contributed by atoms with E-state index >= 15 is 0 Å². The van der Waals surface area contributed by atoms with Gasteiger partial charge >= 0.3 is 0 Å². The van der Waals surface area contributed by atoms with Crippen LogP contribution in [0.25, 0.3) is 0 Å². The molecule has 0 unspecified atom stereocenters. The van der Waals surface area contributed by atoms with Crippen LogP contribution >= 0.6 is 11.3 Å². The predicted octanol–water partition coefficient (Wildman–Crippen LogP) is 2.49. The van der Waals surface area contributed by atoms with Crippen LogP contribution in [0.2, 0.25) is 0 Å². The van der Waals surface area contributed by atoms with Crippen molar-refractivity contribution in [1.82, 2.24) is 5.32 Å². The number of unbranched alkanes of at least 4 members (excludes halogenated alkanes) is 1. The third-order valence-electron chi connectivity index (χ3n) is 2.14. The fraction of sp³-hybridized carbons (Fsp3) is 0.545. The normalized spacial score (nSPS) is 10.0. The highest BCUT2D eigenvalue weighted by molar-refractivity contribution is 7.10. The van der Waals surface area contributed by atoms with E-state index in [0.717, 1.165) is 25.9 Å². The van der Waals surface area contributed by atoms with E-state index in [-0.39, 0.29) is 0 Å². The van der Waals surface area contributed by atoms with Gasteiger partial charge in [-0.15, -0.1) is 11.3 Å². The number of thiophene rings is 1. The summed E-state index contributed by atoms with van der Waals surface area (Å²) < 4.78 is 0. The Balaban J connectivity index is 2.05. The molecule has 3 heteroatoms. The Morgan fingerprint density at radius 3 is 3.00 bits per heavy atom. The van der Waals surface area contributed by atoms with Crippen molar-refractivity contribution >= 4 is 11.3 Å². The summed E-state index contributed by atoms with van der Waals surface area (Å²) in [5.74, 6) is 0. The second kappa shape index (κ2) is 6.58. The molecule has 0 amide bonds. The third-order valence-corrected chi connectivity index (χ3v) is 3.22. The Morgan fingerprint density at radius 1 is 1.50 bits per heavy atom. The van der Waals surface area contributed by atoms with Crippen LogP contribution in [-0.4, -0.2) is 13.1 Å². The van der Waals surface area contributed by atoms with Crippen molar-refractivity contribution in [2.45, 2.75) is 26.2 Å². The molecule has 2 nitrogen and oxygen atoms in total. The molecule has 0 aromatic carbocycles. The standard InChI is InChI=1S/C11H16N2S/c1-10-5-9-14-11(10)4-8-13-7-3-2-6-12/h5,9,13H,2-4,7-8H2,1H3. The van der Waals surface area contributed by atoms with Crippen LogP contribution in [0.1, 0.15) is 23.3 Å². The van der Waals surface area contributed by atoms with Gasteiger partial charge in [0.05, 0.1) is 6.07 Å². The molecule has 0 saturated carbocycles. The molecule has 0 aliphatic rings. The molecule has 1 aromatic heterocycles. The van der Waals surface area contributed by atoms with E-state index < -0.39 is 0 Å². The minimum Gasteiger partial charge on any atom is -0.316 e. The van der Waals surface area contributed by atoms with Crippen molar-refractivity contribution in [3.05, 3.63) is 21.9 Å². The number of nitrogens with zero attached hydrogens (tertiary/aromatic N) is 1. The molecule has 0 bridgehead atoms. The molecule has 1 rings (SSSR count). The van der Waals surface area contributed by atoms with Gasteiger partial charge < -0.3 is 5.32 Å². The largest absolute Gasteiger partial charge is 0.316 e. The van der Waals surface area contributed by atoms with Crippen molar-refractivity contribution in [2.75, 3.05) is 13.1 Å². The topological polar surface area (TPSA) is 35.8 Å². The molecule has 1 heterocycles. The molecule has 0 spiro atoms. The highest BCUT2D eigenvalue weighted by Gasteiger charge is 1.98. The van der Waals surface area contributed by atoms with E-state index in [1.54, 1.807) is 0 Å². The van der Waals surface area contributed by atoms with Gasteiger partial charge in [-0.2, -0.15) is 5.26 Å². The molecule has 14 heavy (non-hydrogen) atoms. The van der Waals surface area contributed by atoms with Gasteiger partial charge in [-0.05, 0) is 49.9 Å². The lowest BCUT2D eigenvalue weighted by Crippen LogP contribution is -2.18. The zero-order valence-corrected chi connectivity index (χ0v) is 9.36. The van der Waals surface area contributed by atoms with Crippen LogP contribution in [0.4, 0.5) is 0 Å². The van der Waals surface area contributed by atoms with Crippen molar-refractivity contribution in [3.8, 4) is 6.07 Å². The fourth-order valence-electron chi connectivity index (χ4n) is 1.28. The summed E-state index contributed by atoms with van der Waals surface area (Å²) in [6.07, 6.45) is 2.72. The number of nitrogens with one attached hydrogen (secondary N) is 1. The van der Waals surface area contributed by atoms with Gasteiger partial charge in [0.2, 0.25) is 0 Å². The Morgan fingerprint density at radius 2 is 2.36 bits per heavy atom. The van der Waals surface area contributed by atoms with Crippen LogP contribution in [-0.2, 0) is 6.42 Å². The predicted molar refractivity (Wildman–Crippen MR) is 60.5 cm³/mol. The van der Waals surface area contributed by atoms with E-state index in [2.05, 4.69) is 29.8 Å². The first-order valence-electron chi connectivity index (χ1n) is 4.95. The van der Waals surface area contributed by atoms with Crippen molar-refractivity contribution in [2.24, 2.45) is 0 Å². The molecular formula is C11H16N2S. The maximum absolute atomic E-state index is 8.33. The van der Waals surface area contributed by atoms with Gasteiger partial charge in [0, 0.05) is 11.3 Å². The maximum Gasteiger partial charge on any atom is 0.0622 e.